The van der Waals surface area contributed by atoms with Crippen LogP contribution in [0.2, 0.25) is 0 Å². The second-order valence-corrected chi connectivity index (χ2v) is 7.04. The van der Waals surface area contributed by atoms with E-state index in [-0.39, 0.29) is 5.91 Å². The number of para-hydroxylation sites is 1. The highest BCUT2D eigenvalue weighted by atomic mass is 127. The molecule has 5 nitrogen and oxygen atoms in total. The number of hydrogen-bond donors (Lipinski definition) is 1. The third-order valence-electron chi connectivity index (χ3n) is 4.00. The number of carbonyl (C=O) groups excluding carboxylic acids is 2. The Morgan fingerprint density at radius 3 is 2.62 bits per heavy atom. The Balaban J connectivity index is 1.79. The number of carbonyl (C=O) groups is 2. The second kappa shape index (κ2) is 8.27. The predicted octanol–water partition coefficient (Wildman–Crippen LogP) is 3.35. The van der Waals surface area contributed by atoms with E-state index in [2.05, 4.69) is 32.9 Å². The maximum atomic E-state index is 12.6. The number of nitrogens with one attached hydrogen (secondary N) is 1. The van der Waals surface area contributed by atoms with E-state index in [0.29, 0.717) is 12.0 Å². The van der Waals surface area contributed by atoms with Crippen molar-refractivity contribution in [3.8, 4) is 0 Å². The van der Waals surface area contributed by atoms with E-state index in [1.807, 2.05) is 48.5 Å². The number of esters is 1. The van der Waals surface area contributed by atoms with Crippen molar-refractivity contribution in [2.75, 3.05) is 7.11 Å². The van der Waals surface area contributed by atoms with Crippen molar-refractivity contribution < 1.29 is 14.3 Å². The van der Waals surface area contributed by atoms with Gasteiger partial charge in [-0.2, -0.15) is 0 Å². The van der Waals surface area contributed by atoms with Crippen LogP contribution in [0.15, 0.2) is 60.8 Å². The van der Waals surface area contributed by atoms with Crippen LogP contribution in [0.25, 0.3) is 10.9 Å². The highest BCUT2D eigenvalue weighted by Gasteiger charge is 2.23. The van der Waals surface area contributed by atoms with Crippen molar-refractivity contribution in [3.63, 3.8) is 0 Å². The summed E-state index contributed by atoms with van der Waals surface area (Å²) in [4.78, 5) is 29.0. The highest BCUT2D eigenvalue weighted by molar-refractivity contribution is 14.1. The number of hydrogen-bond acceptors (Lipinski definition) is 4. The van der Waals surface area contributed by atoms with Gasteiger partial charge in [0.1, 0.15) is 6.04 Å². The Kier molecular flexibility index (Phi) is 5.82. The van der Waals surface area contributed by atoms with Crippen LogP contribution in [-0.2, 0) is 16.0 Å². The van der Waals surface area contributed by atoms with Gasteiger partial charge < -0.3 is 10.1 Å². The molecule has 6 heteroatoms. The lowest BCUT2D eigenvalue weighted by atomic mass is 10.1. The van der Waals surface area contributed by atoms with Crippen LogP contribution in [0, 0.1) is 3.57 Å². The molecule has 1 atom stereocenters. The molecule has 0 aliphatic heterocycles. The lowest BCUT2D eigenvalue weighted by Gasteiger charge is -2.17. The number of benzene rings is 2. The fourth-order valence-corrected chi connectivity index (χ4v) is 2.99. The molecule has 0 saturated carbocycles. The largest absolute Gasteiger partial charge is 0.467 e. The lowest BCUT2D eigenvalue weighted by molar-refractivity contribution is -0.142. The molecular weight excluding hydrogens is 443 g/mol. The third-order valence-corrected chi connectivity index (χ3v) is 4.72. The Morgan fingerprint density at radius 2 is 1.88 bits per heavy atom. The fourth-order valence-electron chi connectivity index (χ4n) is 2.63. The second-order valence-electron chi connectivity index (χ2n) is 5.80. The number of methoxy groups -OCH3 is 1. The fraction of sp³-hybridized carbons (Fsp3) is 0.150. The van der Waals surface area contributed by atoms with Crippen LogP contribution < -0.4 is 5.32 Å². The Hall–Kier alpha value is -2.48. The van der Waals surface area contributed by atoms with Crippen LogP contribution >= 0.6 is 22.6 Å². The van der Waals surface area contributed by atoms with Crippen LogP contribution in [0.5, 0.6) is 0 Å². The van der Waals surface area contributed by atoms with Crippen LogP contribution in [0.1, 0.15) is 15.9 Å². The van der Waals surface area contributed by atoms with E-state index in [1.165, 1.54) is 13.3 Å². The molecule has 0 aliphatic carbocycles. The molecule has 1 heterocycles. The first-order chi connectivity index (χ1) is 12.6. The van der Waals surface area contributed by atoms with Gasteiger partial charge >= 0.3 is 5.97 Å². The average molecular weight is 460 g/mol. The molecule has 2 aromatic carbocycles. The number of aromatic nitrogens is 1. The zero-order chi connectivity index (χ0) is 18.5. The van der Waals surface area contributed by atoms with Gasteiger partial charge in [0.25, 0.3) is 5.91 Å². The summed E-state index contributed by atoms with van der Waals surface area (Å²) in [7, 11) is 1.31. The van der Waals surface area contributed by atoms with Gasteiger partial charge in [-0.15, -0.1) is 0 Å². The summed E-state index contributed by atoms with van der Waals surface area (Å²) >= 11 is 2.22. The standard InChI is InChI=1S/C20H17IN2O3/c1-26-20(25)18(10-13-6-8-16(21)9-7-13)23-19(24)15-11-14-4-2-3-5-17(14)22-12-15/h2-9,11-12,18H,10H2,1H3,(H,23,24)/t18-/m1/s1. The summed E-state index contributed by atoms with van der Waals surface area (Å²) in [5.74, 6) is -0.838. The Labute approximate surface area is 164 Å². The molecule has 3 aromatic rings. The molecule has 0 radical (unpaired) electrons. The quantitative estimate of drug-likeness (QED) is 0.469. The normalized spacial score (nSPS) is 11.8. The molecule has 0 unspecified atom stereocenters. The molecule has 132 valence electrons. The summed E-state index contributed by atoms with van der Waals surface area (Å²) in [5.41, 5.74) is 2.16. The Bertz CT molecular complexity index is 941. The molecule has 26 heavy (non-hydrogen) atoms. The van der Waals surface area contributed by atoms with Gasteiger partial charge in [0.2, 0.25) is 0 Å². The van der Waals surface area contributed by atoms with E-state index < -0.39 is 12.0 Å². The van der Waals surface area contributed by atoms with Gasteiger partial charge in [0.05, 0.1) is 18.2 Å². The molecule has 0 bridgehead atoms. The van der Waals surface area contributed by atoms with Crippen LogP contribution in [-0.4, -0.2) is 30.0 Å². The SMILES string of the molecule is COC(=O)[C@@H](Cc1ccc(I)cc1)NC(=O)c1cnc2ccccc2c1. The monoisotopic (exact) mass is 460 g/mol. The van der Waals surface area contributed by atoms with Crippen molar-refractivity contribution >= 4 is 45.4 Å². The van der Waals surface area contributed by atoms with Crippen molar-refractivity contribution in [3.05, 3.63) is 75.5 Å². The molecule has 3 rings (SSSR count). The summed E-state index contributed by atoms with van der Waals surface area (Å²) < 4.78 is 5.95. The molecule has 0 aliphatic rings. The van der Waals surface area contributed by atoms with Gasteiger partial charge in [0, 0.05) is 21.6 Å². The molecule has 0 spiro atoms. The minimum Gasteiger partial charge on any atom is -0.467 e. The first kappa shape index (κ1) is 18.3. The Morgan fingerprint density at radius 1 is 1.15 bits per heavy atom. The summed E-state index contributed by atoms with van der Waals surface area (Å²) in [6.07, 6.45) is 1.87. The topological polar surface area (TPSA) is 68.3 Å². The van der Waals surface area contributed by atoms with E-state index in [0.717, 1.165) is 20.0 Å². The number of halogens is 1. The molecule has 0 saturated heterocycles. The average Bonchev–Trinajstić information content (AvgIpc) is 2.68. The highest BCUT2D eigenvalue weighted by Crippen LogP contribution is 2.14. The van der Waals surface area contributed by atoms with E-state index in [1.54, 1.807) is 6.07 Å². The zero-order valence-corrected chi connectivity index (χ0v) is 16.3. The third kappa shape index (κ3) is 4.37. The maximum absolute atomic E-state index is 12.6. The summed E-state index contributed by atoms with van der Waals surface area (Å²) in [6, 6.07) is 16.3. The molecule has 0 fully saturated rings. The minimum atomic E-state index is -0.765. The van der Waals surface area contributed by atoms with Gasteiger partial charge in [-0.05, 0) is 52.4 Å². The van der Waals surface area contributed by atoms with Crippen molar-refractivity contribution in [1.82, 2.24) is 10.3 Å². The van der Waals surface area contributed by atoms with Gasteiger partial charge in [0.15, 0.2) is 0 Å². The number of pyridine rings is 1. The molecule has 1 N–H and O–H groups in total. The smallest absolute Gasteiger partial charge is 0.328 e. The number of rotatable bonds is 5. The lowest BCUT2D eigenvalue weighted by Crippen LogP contribution is -2.43. The summed E-state index contributed by atoms with van der Waals surface area (Å²) in [5, 5.41) is 3.62. The molecular formula is C20H17IN2O3. The predicted molar refractivity (Wildman–Crippen MR) is 108 cm³/mol. The zero-order valence-electron chi connectivity index (χ0n) is 14.1. The van der Waals surface area contributed by atoms with E-state index in [9.17, 15) is 9.59 Å². The first-order valence-corrected chi connectivity index (χ1v) is 9.12. The molecule has 1 aromatic heterocycles. The maximum Gasteiger partial charge on any atom is 0.328 e. The van der Waals surface area contributed by atoms with Gasteiger partial charge in [-0.3, -0.25) is 9.78 Å². The molecule has 1 amide bonds. The number of fused-ring (bicyclic) bond motifs is 1. The van der Waals surface area contributed by atoms with E-state index >= 15 is 0 Å². The van der Waals surface area contributed by atoms with Gasteiger partial charge in [-0.1, -0.05) is 30.3 Å². The van der Waals surface area contributed by atoms with Crippen molar-refractivity contribution in [1.29, 1.82) is 0 Å². The minimum absolute atomic E-state index is 0.357. The number of amides is 1. The van der Waals surface area contributed by atoms with Crippen LogP contribution in [0.3, 0.4) is 0 Å². The number of ether oxygens (including phenoxy) is 1. The summed E-state index contributed by atoms with van der Waals surface area (Å²) in [6.45, 7) is 0. The van der Waals surface area contributed by atoms with Gasteiger partial charge in [-0.25, -0.2) is 4.79 Å². The van der Waals surface area contributed by atoms with Crippen molar-refractivity contribution in [2.24, 2.45) is 0 Å². The number of nitrogens with zero attached hydrogens (tertiary/aromatic N) is 1. The van der Waals surface area contributed by atoms with E-state index in [4.69, 9.17) is 4.74 Å². The first-order valence-electron chi connectivity index (χ1n) is 8.05. The van der Waals surface area contributed by atoms with Crippen LogP contribution in [0.4, 0.5) is 0 Å². The van der Waals surface area contributed by atoms with Crippen molar-refractivity contribution in [2.45, 2.75) is 12.5 Å².